The normalized spacial score (nSPS) is 19.2. The zero-order chi connectivity index (χ0) is 23.2. The summed E-state index contributed by atoms with van der Waals surface area (Å²) in [4.78, 5) is 13.5. The van der Waals surface area contributed by atoms with Crippen LogP contribution < -0.4 is 24.8 Å². The van der Waals surface area contributed by atoms with Crippen molar-refractivity contribution in [3.05, 3.63) is 52.2 Å². The van der Waals surface area contributed by atoms with Gasteiger partial charge in [-0.2, -0.15) is 0 Å². The van der Waals surface area contributed by atoms with Gasteiger partial charge in [0.1, 0.15) is 5.75 Å². The van der Waals surface area contributed by atoms with Crippen LogP contribution in [0.5, 0.6) is 17.2 Å². The molecule has 1 heterocycles. The van der Waals surface area contributed by atoms with Crippen molar-refractivity contribution in [1.82, 2.24) is 0 Å². The Balaban J connectivity index is 1.96. The van der Waals surface area contributed by atoms with Crippen molar-refractivity contribution in [3.8, 4) is 17.2 Å². The van der Waals surface area contributed by atoms with Crippen LogP contribution in [0.25, 0.3) is 0 Å². The van der Waals surface area contributed by atoms with E-state index in [9.17, 15) is 4.79 Å². The molecule has 0 aromatic heterocycles. The van der Waals surface area contributed by atoms with Gasteiger partial charge in [0, 0.05) is 29.3 Å². The van der Waals surface area contributed by atoms with Crippen LogP contribution in [0.3, 0.4) is 0 Å². The molecule has 1 aliphatic heterocycles. The number of benzene rings is 2. The van der Waals surface area contributed by atoms with Gasteiger partial charge in [0.15, 0.2) is 17.3 Å². The van der Waals surface area contributed by atoms with Gasteiger partial charge in [-0.3, -0.25) is 4.79 Å². The Labute approximate surface area is 189 Å². The maximum Gasteiger partial charge on any atom is 0.164 e. The van der Waals surface area contributed by atoms with E-state index in [-0.39, 0.29) is 17.2 Å². The molecule has 32 heavy (non-hydrogen) atoms. The molecule has 170 valence electrons. The fourth-order valence-corrected chi connectivity index (χ4v) is 4.72. The van der Waals surface area contributed by atoms with Gasteiger partial charge in [0.05, 0.1) is 38.7 Å². The first-order valence-corrected chi connectivity index (χ1v) is 10.9. The Morgan fingerprint density at radius 2 is 1.44 bits per heavy atom. The van der Waals surface area contributed by atoms with Crippen LogP contribution in [0.4, 0.5) is 11.4 Å². The highest BCUT2D eigenvalue weighted by molar-refractivity contribution is 6.01. The number of aryl methyl sites for hydroxylation is 2. The first-order valence-electron chi connectivity index (χ1n) is 10.9. The van der Waals surface area contributed by atoms with Crippen LogP contribution in [0.1, 0.15) is 49.4 Å². The van der Waals surface area contributed by atoms with Crippen LogP contribution in [0.2, 0.25) is 0 Å². The highest BCUT2D eigenvalue weighted by atomic mass is 16.5. The van der Waals surface area contributed by atoms with Crippen molar-refractivity contribution in [1.29, 1.82) is 0 Å². The van der Waals surface area contributed by atoms with E-state index < -0.39 is 0 Å². The summed E-state index contributed by atoms with van der Waals surface area (Å²) in [5, 5.41) is 7.25. The van der Waals surface area contributed by atoms with Gasteiger partial charge in [-0.15, -0.1) is 0 Å². The Kier molecular flexibility index (Phi) is 5.57. The van der Waals surface area contributed by atoms with E-state index >= 15 is 0 Å². The fourth-order valence-electron chi connectivity index (χ4n) is 4.72. The maximum absolute atomic E-state index is 13.5. The minimum atomic E-state index is -0.390. The number of nitrogens with one attached hydrogen (secondary N) is 2. The van der Waals surface area contributed by atoms with Crippen LogP contribution in [-0.4, -0.2) is 27.1 Å². The molecule has 0 fully saturated rings. The highest BCUT2D eigenvalue weighted by Gasteiger charge is 2.40. The Bertz CT molecular complexity index is 1120. The fraction of sp³-hybridized carbons (Fsp3) is 0.423. The van der Waals surface area contributed by atoms with Gasteiger partial charge < -0.3 is 24.8 Å². The number of hydrogen-bond acceptors (Lipinski definition) is 6. The van der Waals surface area contributed by atoms with Crippen molar-refractivity contribution >= 4 is 17.2 Å². The Morgan fingerprint density at radius 1 is 0.844 bits per heavy atom. The van der Waals surface area contributed by atoms with E-state index in [2.05, 4.69) is 50.5 Å². The van der Waals surface area contributed by atoms with Crippen molar-refractivity contribution in [2.24, 2.45) is 5.41 Å². The molecule has 2 aromatic carbocycles. The number of ether oxygens (including phenoxy) is 3. The molecular formula is C26H32N2O4. The lowest BCUT2D eigenvalue weighted by molar-refractivity contribution is -0.118. The van der Waals surface area contributed by atoms with Gasteiger partial charge in [0.25, 0.3) is 0 Å². The van der Waals surface area contributed by atoms with Crippen molar-refractivity contribution in [2.45, 2.75) is 46.6 Å². The van der Waals surface area contributed by atoms with Gasteiger partial charge in [0.2, 0.25) is 0 Å². The number of hydrogen-bond donors (Lipinski definition) is 2. The topological polar surface area (TPSA) is 68.8 Å². The molecule has 4 rings (SSSR count). The van der Waals surface area contributed by atoms with Crippen molar-refractivity contribution in [2.75, 3.05) is 32.0 Å². The third-order valence-electron chi connectivity index (χ3n) is 6.47. The molecule has 2 aliphatic rings. The zero-order valence-electron chi connectivity index (χ0n) is 19.9. The molecular weight excluding hydrogens is 404 g/mol. The molecule has 0 amide bonds. The molecule has 6 heteroatoms. The molecule has 0 radical (unpaired) electrons. The molecule has 2 aromatic rings. The minimum absolute atomic E-state index is 0.112. The first-order chi connectivity index (χ1) is 15.2. The molecule has 0 spiro atoms. The molecule has 1 atom stereocenters. The lowest BCUT2D eigenvalue weighted by Gasteiger charge is -2.34. The summed E-state index contributed by atoms with van der Waals surface area (Å²) in [7, 11) is 4.83. The summed E-state index contributed by atoms with van der Waals surface area (Å²) < 4.78 is 16.8. The number of anilines is 2. The largest absolute Gasteiger partial charge is 0.496 e. The smallest absolute Gasteiger partial charge is 0.164 e. The molecule has 1 aliphatic carbocycles. The maximum atomic E-state index is 13.5. The molecule has 1 unspecified atom stereocenters. The summed E-state index contributed by atoms with van der Waals surface area (Å²) in [5.74, 6) is 1.95. The number of allylic oxidation sites excluding steroid dienone is 1. The van der Waals surface area contributed by atoms with E-state index in [0.29, 0.717) is 23.7 Å². The summed E-state index contributed by atoms with van der Waals surface area (Å²) in [6.45, 7) is 8.47. The van der Waals surface area contributed by atoms with Crippen LogP contribution in [0.15, 0.2) is 35.5 Å². The summed E-state index contributed by atoms with van der Waals surface area (Å²) in [6, 6.07) is 7.60. The second kappa shape index (κ2) is 8.08. The van der Waals surface area contributed by atoms with Crippen molar-refractivity contribution in [3.63, 3.8) is 0 Å². The molecule has 2 N–H and O–H groups in total. The second-order valence-corrected chi connectivity index (χ2v) is 9.47. The molecule has 6 nitrogen and oxygen atoms in total. The molecule has 0 bridgehead atoms. The zero-order valence-corrected chi connectivity index (χ0v) is 19.9. The predicted octanol–water partition coefficient (Wildman–Crippen LogP) is 5.55. The van der Waals surface area contributed by atoms with Crippen LogP contribution in [-0.2, 0) is 4.79 Å². The SMILES string of the molecule is COc1cc(OC)c(C2Nc3cc(C)c(C)cc3NC3=C2C(=O)CC(C)(C)C3)cc1OC. The summed E-state index contributed by atoms with van der Waals surface area (Å²) in [5.41, 5.74) is 6.75. The van der Waals surface area contributed by atoms with Crippen LogP contribution in [0, 0.1) is 19.3 Å². The number of Topliss-reactive ketones (excluding diaryl/α,β-unsaturated/α-hetero) is 1. The van der Waals surface area contributed by atoms with Gasteiger partial charge in [-0.05, 0) is 55.0 Å². The average molecular weight is 437 g/mol. The van der Waals surface area contributed by atoms with E-state index in [1.54, 1.807) is 21.3 Å². The summed E-state index contributed by atoms with van der Waals surface area (Å²) >= 11 is 0. The quantitative estimate of drug-likeness (QED) is 0.655. The number of fused-ring (bicyclic) bond motifs is 1. The first kappa shape index (κ1) is 22.1. The Morgan fingerprint density at radius 3 is 2.06 bits per heavy atom. The van der Waals surface area contributed by atoms with Crippen molar-refractivity contribution < 1.29 is 19.0 Å². The van der Waals surface area contributed by atoms with Gasteiger partial charge >= 0.3 is 0 Å². The second-order valence-electron chi connectivity index (χ2n) is 9.47. The van der Waals surface area contributed by atoms with E-state index in [1.807, 2.05) is 12.1 Å². The van der Waals surface area contributed by atoms with Gasteiger partial charge in [-0.1, -0.05) is 13.8 Å². The van der Waals surface area contributed by atoms with E-state index in [4.69, 9.17) is 14.2 Å². The predicted molar refractivity (Wildman–Crippen MR) is 127 cm³/mol. The third kappa shape index (κ3) is 3.78. The lowest BCUT2D eigenvalue weighted by Crippen LogP contribution is -2.31. The number of rotatable bonds is 4. The van der Waals surface area contributed by atoms with E-state index in [1.165, 1.54) is 11.1 Å². The van der Waals surface area contributed by atoms with E-state index in [0.717, 1.165) is 34.6 Å². The average Bonchev–Trinajstić information content (AvgIpc) is 2.88. The lowest BCUT2D eigenvalue weighted by atomic mass is 9.73. The highest BCUT2D eigenvalue weighted by Crippen LogP contribution is 2.48. The van der Waals surface area contributed by atoms with Gasteiger partial charge in [-0.25, -0.2) is 0 Å². The standard InChI is InChI=1S/C26H32N2O4/c1-14-8-17-18(9-15(14)2)28-25(24-19(27-17)12-26(3,4)13-20(24)29)16-10-22(31-6)23(32-7)11-21(16)30-5/h8-11,25,27-28H,12-13H2,1-7H3. The molecule has 0 saturated heterocycles. The monoisotopic (exact) mass is 436 g/mol. The summed E-state index contributed by atoms with van der Waals surface area (Å²) in [6.07, 6.45) is 1.28. The number of ketones is 1. The third-order valence-corrected chi connectivity index (χ3v) is 6.47. The number of carbonyl (C=O) groups is 1. The van der Waals surface area contributed by atoms with Crippen LogP contribution >= 0.6 is 0 Å². The molecule has 0 saturated carbocycles. The number of methoxy groups -OCH3 is 3. The Hall–Kier alpha value is -3.15. The number of carbonyl (C=O) groups excluding carboxylic acids is 1. The minimum Gasteiger partial charge on any atom is -0.496 e.